The van der Waals surface area contributed by atoms with Gasteiger partial charge in [0.1, 0.15) is 5.78 Å². The fourth-order valence-electron chi connectivity index (χ4n) is 1.98. The number of ether oxygens (including phenoxy) is 1. The maximum Gasteiger partial charge on any atom is 0.145 e. The smallest absolute Gasteiger partial charge is 0.145 e. The lowest BCUT2D eigenvalue weighted by Crippen LogP contribution is -2.37. The SMILES string of the molecule is CNC1COCC1C(=O)Cc1ccc(Br)cn1. The molecule has 0 radical (unpaired) electrons. The highest BCUT2D eigenvalue weighted by Gasteiger charge is 2.32. The number of carbonyl (C=O) groups excluding carboxylic acids is 1. The van der Waals surface area contributed by atoms with Crippen LogP contribution < -0.4 is 5.32 Å². The Labute approximate surface area is 109 Å². The third-order valence-corrected chi connectivity index (χ3v) is 3.48. The molecule has 2 rings (SSSR count). The van der Waals surface area contributed by atoms with E-state index in [2.05, 4.69) is 26.2 Å². The van der Waals surface area contributed by atoms with E-state index in [0.717, 1.165) is 10.2 Å². The molecule has 0 aromatic carbocycles. The summed E-state index contributed by atoms with van der Waals surface area (Å²) in [5, 5.41) is 3.12. The van der Waals surface area contributed by atoms with E-state index in [9.17, 15) is 4.79 Å². The van der Waals surface area contributed by atoms with Gasteiger partial charge in [0.2, 0.25) is 0 Å². The van der Waals surface area contributed by atoms with Crippen LogP contribution in [0.1, 0.15) is 5.69 Å². The second kappa shape index (κ2) is 5.71. The zero-order valence-electron chi connectivity index (χ0n) is 9.65. The highest BCUT2D eigenvalue weighted by molar-refractivity contribution is 9.10. The Balaban J connectivity index is 1.99. The Bertz CT molecular complexity index is 394. The van der Waals surface area contributed by atoms with Crippen molar-refractivity contribution in [2.75, 3.05) is 20.3 Å². The van der Waals surface area contributed by atoms with Crippen molar-refractivity contribution in [1.82, 2.24) is 10.3 Å². The van der Waals surface area contributed by atoms with Gasteiger partial charge >= 0.3 is 0 Å². The summed E-state index contributed by atoms with van der Waals surface area (Å²) < 4.78 is 6.25. The number of aromatic nitrogens is 1. The summed E-state index contributed by atoms with van der Waals surface area (Å²) in [6.07, 6.45) is 2.09. The van der Waals surface area contributed by atoms with Crippen LogP contribution >= 0.6 is 15.9 Å². The fraction of sp³-hybridized carbons (Fsp3) is 0.500. The van der Waals surface area contributed by atoms with Crippen LogP contribution in [0.15, 0.2) is 22.8 Å². The Hall–Kier alpha value is -0.780. The van der Waals surface area contributed by atoms with E-state index in [1.807, 2.05) is 19.2 Å². The molecule has 2 atom stereocenters. The van der Waals surface area contributed by atoms with Gasteiger partial charge in [-0.05, 0) is 35.1 Å². The number of carbonyl (C=O) groups is 1. The number of Topliss-reactive ketones (excluding diaryl/α,β-unsaturated/α-hetero) is 1. The first-order valence-electron chi connectivity index (χ1n) is 5.59. The van der Waals surface area contributed by atoms with E-state index < -0.39 is 0 Å². The summed E-state index contributed by atoms with van der Waals surface area (Å²) in [4.78, 5) is 16.3. The Kier molecular flexibility index (Phi) is 4.25. The monoisotopic (exact) mass is 298 g/mol. The molecular weight excluding hydrogens is 284 g/mol. The molecule has 2 heterocycles. The van der Waals surface area contributed by atoms with E-state index in [0.29, 0.717) is 19.6 Å². The fourth-order valence-corrected chi connectivity index (χ4v) is 2.21. The number of nitrogens with zero attached hydrogens (tertiary/aromatic N) is 1. The lowest BCUT2D eigenvalue weighted by molar-refractivity contribution is -0.122. The highest BCUT2D eigenvalue weighted by atomic mass is 79.9. The summed E-state index contributed by atoms with van der Waals surface area (Å²) in [5.74, 6) is 0.141. The molecule has 0 saturated carbocycles. The van der Waals surface area contributed by atoms with Crippen molar-refractivity contribution < 1.29 is 9.53 Å². The van der Waals surface area contributed by atoms with Gasteiger partial charge < -0.3 is 10.1 Å². The van der Waals surface area contributed by atoms with E-state index >= 15 is 0 Å². The van der Waals surface area contributed by atoms with Crippen LogP contribution in [0.3, 0.4) is 0 Å². The quantitative estimate of drug-likeness (QED) is 0.907. The van der Waals surface area contributed by atoms with Gasteiger partial charge in [0, 0.05) is 28.8 Å². The lowest BCUT2D eigenvalue weighted by atomic mass is 9.95. The number of ketones is 1. The van der Waals surface area contributed by atoms with Crippen LogP contribution in [0.2, 0.25) is 0 Å². The minimum atomic E-state index is -0.0505. The molecule has 0 amide bonds. The van der Waals surface area contributed by atoms with Gasteiger partial charge in [-0.2, -0.15) is 0 Å². The zero-order chi connectivity index (χ0) is 12.3. The molecule has 1 fully saturated rings. The van der Waals surface area contributed by atoms with Crippen LogP contribution in [0, 0.1) is 5.92 Å². The molecule has 2 unspecified atom stereocenters. The van der Waals surface area contributed by atoms with Gasteiger partial charge in [-0.25, -0.2) is 0 Å². The van der Waals surface area contributed by atoms with Crippen LogP contribution in [0.4, 0.5) is 0 Å². The van der Waals surface area contributed by atoms with Gasteiger partial charge in [0.15, 0.2) is 0 Å². The topological polar surface area (TPSA) is 51.2 Å². The number of likely N-dealkylation sites (N-methyl/N-ethyl adjacent to an activating group) is 1. The minimum Gasteiger partial charge on any atom is -0.379 e. The molecule has 1 aliphatic rings. The van der Waals surface area contributed by atoms with Crippen molar-refractivity contribution in [2.24, 2.45) is 5.92 Å². The summed E-state index contributed by atoms with van der Waals surface area (Å²) >= 11 is 3.32. The highest BCUT2D eigenvalue weighted by Crippen LogP contribution is 2.17. The molecule has 1 aliphatic heterocycles. The van der Waals surface area contributed by atoms with Crippen molar-refractivity contribution in [3.05, 3.63) is 28.5 Å². The predicted molar refractivity (Wildman–Crippen MR) is 67.8 cm³/mol. The average molecular weight is 299 g/mol. The summed E-state index contributed by atoms with van der Waals surface area (Å²) in [7, 11) is 1.86. The molecule has 1 N–H and O–H groups in total. The van der Waals surface area contributed by atoms with Crippen molar-refractivity contribution in [3.63, 3.8) is 0 Å². The number of nitrogens with one attached hydrogen (secondary N) is 1. The second-order valence-electron chi connectivity index (χ2n) is 4.15. The molecule has 0 aliphatic carbocycles. The molecule has 5 heteroatoms. The third kappa shape index (κ3) is 3.12. The van der Waals surface area contributed by atoms with Crippen LogP contribution in [-0.2, 0) is 16.0 Å². The first-order chi connectivity index (χ1) is 8.20. The normalized spacial score (nSPS) is 23.9. The van der Waals surface area contributed by atoms with Crippen molar-refractivity contribution in [1.29, 1.82) is 0 Å². The number of rotatable bonds is 4. The van der Waals surface area contributed by atoms with Gasteiger partial charge in [-0.3, -0.25) is 9.78 Å². The zero-order valence-corrected chi connectivity index (χ0v) is 11.2. The van der Waals surface area contributed by atoms with E-state index in [1.54, 1.807) is 6.20 Å². The maximum absolute atomic E-state index is 12.1. The number of pyridine rings is 1. The maximum atomic E-state index is 12.1. The molecule has 0 bridgehead atoms. The largest absolute Gasteiger partial charge is 0.379 e. The molecule has 1 aromatic rings. The van der Waals surface area contributed by atoms with E-state index in [4.69, 9.17) is 4.74 Å². The lowest BCUT2D eigenvalue weighted by Gasteiger charge is -2.15. The standard InChI is InChI=1S/C12H15BrN2O2/c1-14-11-7-17-6-10(11)12(16)4-9-3-2-8(13)5-15-9/h2-3,5,10-11,14H,4,6-7H2,1H3. The summed E-state index contributed by atoms with van der Waals surface area (Å²) in [6.45, 7) is 1.13. The molecular formula is C12H15BrN2O2. The average Bonchev–Trinajstić information content (AvgIpc) is 2.80. The number of halogens is 1. The van der Waals surface area contributed by atoms with Gasteiger partial charge in [0.05, 0.1) is 19.1 Å². The van der Waals surface area contributed by atoms with Crippen molar-refractivity contribution in [2.45, 2.75) is 12.5 Å². The van der Waals surface area contributed by atoms with Crippen LogP contribution in [0.25, 0.3) is 0 Å². The Morgan fingerprint density at radius 1 is 1.59 bits per heavy atom. The predicted octanol–water partition coefficient (Wildman–Crippen LogP) is 1.19. The van der Waals surface area contributed by atoms with Crippen molar-refractivity contribution >= 4 is 21.7 Å². The Morgan fingerprint density at radius 3 is 3.06 bits per heavy atom. The Morgan fingerprint density at radius 2 is 2.41 bits per heavy atom. The molecule has 4 nitrogen and oxygen atoms in total. The molecule has 92 valence electrons. The number of hydrogen-bond donors (Lipinski definition) is 1. The second-order valence-corrected chi connectivity index (χ2v) is 5.07. The van der Waals surface area contributed by atoms with Crippen LogP contribution in [-0.4, -0.2) is 37.1 Å². The summed E-state index contributed by atoms with van der Waals surface area (Å²) in [5.41, 5.74) is 0.806. The minimum absolute atomic E-state index is 0.0505. The van der Waals surface area contributed by atoms with Gasteiger partial charge in [-0.1, -0.05) is 0 Å². The molecule has 1 saturated heterocycles. The molecule has 17 heavy (non-hydrogen) atoms. The summed E-state index contributed by atoms with van der Waals surface area (Å²) in [6, 6.07) is 3.90. The van der Waals surface area contributed by atoms with E-state index in [1.165, 1.54) is 0 Å². The van der Waals surface area contributed by atoms with Crippen LogP contribution in [0.5, 0.6) is 0 Å². The van der Waals surface area contributed by atoms with Gasteiger partial charge in [0.25, 0.3) is 0 Å². The number of hydrogen-bond acceptors (Lipinski definition) is 4. The molecule has 0 spiro atoms. The first kappa shape index (κ1) is 12.7. The van der Waals surface area contributed by atoms with E-state index in [-0.39, 0.29) is 17.7 Å². The molecule has 1 aromatic heterocycles. The third-order valence-electron chi connectivity index (χ3n) is 3.01. The van der Waals surface area contributed by atoms with Crippen molar-refractivity contribution in [3.8, 4) is 0 Å². The van der Waals surface area contributed by atoms with Gasteiger partial charge in [-0.15, -0.1) is 0 Å². The first-order valence-corrected chi connectivity index (χ1v) is 6.38.